The standard InChI is InChI=1S/C7H7IO2S/c1-5-4-6(10-11)2-3-7(5)9-8/h2-4,11H,1H3. The highest BCUT2D eigenvalue weighted by atomic mass is 127. The van der Waals surface area contributed by atoms with E-state index in [0.29, 0.717) is 0 Å². The normalized spacial score (nSPS) is 9.36. The van der Waals surface area contributed by atoms with Gasteiger partial charge in [0.15, 0.2) is 23.0 Å². The SMILES string of the molecule is Cc1cc(OS)ccc1OI. The van der Waals surface area contributed by atoms with Crippen LogP contribution in [-0.2, 0) is 0 Å². The minimum absolute atomic E-state index is 0.725. The molecule has 0 saturated heterocycles. The highest BCUT2D eigenvalue weighted by molar-refractivity contribution is 14.1. The molecule has 1 rings (SSSR count). The molecule has 0 bridgehead atoms. The monoisotopic (exact) mass is 282 g/mol. The van der Waals surface area contributed by atoms with Crippen LogP contribution in [0.1, 0.15) is 5.56 Å². The van der Waals surface area contributed by atoms with Crippen LogP contribution in [0.2, 0.25) is 0 Å². The molecule has 0 fully saturated rings. The first-order valence-electron chi connectivity index (χ1n) is 2.98. The van der Waals surface area contributed by atoms with Gasteiger partial charge in [-0.25, -0.2) is 0 Å². The van der Waals surface area contributed by atoms with E-state index in [1.165, 1.54) is 0 Å². The second kappa shape index (κ2) is 4.06. The van der Waals surface area contributed by atoms with Crippen molar-refractivity contribution in [3.8, 4) is 11.5 Å². The summed E-state index contributed by atoms with van der Waals surface area (Å²) in [6.07, 6.45) is 0. The Labute approximate surface area is 85.2 Å². The van der Waals surface area contributed by atoms with Crippen LogP contribution in [0.15, 0.2) is 18.2 Å². The molecular formula is C7H7IO2S. The predicted octanol–water partition coefficient (Wildman–Crippen LogP) is 2.95. The van der Waals surface area contributed by atoms with Crippen LogP contribution in [0, 0.1) is 6.92 Å². The Morgan fingerprint density at radius 2 is 2.18 bits per heavy atom. The van der Waals surface area contributed by atoms with E-state index in [-0.39, 0.29) is 0 Å². The van der Waals surface area contributed by atoms with Crippen LogP contribution in [0.5, 0.6) is 11.5 Å². The van der Waals surface area contributed by atoms with E-state index < -0.39 is 0 Å². The topological polar surface area (TPSA) is 18.5 Å². The molecule has 0 spiro atoms. The lowest BCUT2D eigenvalue weighted by molar-refractivity contribution is 0.650. The molecule has 0 unspecified atom stereocenters. The maximum atomic E-state index is 5.03. The lowest BCUT2D eigenvalue weighted by atomic mass is 10.2. The van der Waals surface area contributed by atoms with E-state index in [1.807, 2.05) is 42.1 Å². The average Bonchev–Trinajstić information content (AvgIpc) is 2.04. The van der Waals surface area contributed by atoms with Crippen molar-refractivity contribution in [2.75, 3.05) is 0 Å². The van der Waals surface area contributed by atoms with Gasteiger partial charge >= 0.3 is 0 Å². The van der Waals surface area contributed by atoms with Gasteiger partial charge in [0.25, 0.3) is 0 Å². The van der Waals surface area contributed by atoms with Crippen molar-refractivity contribution in [2.45, 2.75) is 6.92 Å². The Balaban J connectivity index is 2.99. The fourth-order valence-electron chi connectivity index (χ4n) is 0.765. The van der Waals surface area contributed by atoms with Crippen LogP contribution in [-0.4, -0.2) is 0 Å². The zero-order chi connectivity index (χ0) is 8.27. The Bertz CT molecular complexity index is 252. The molecule has 0 aliphatic carbocycles. The summed E-state index contributed by atoms with van der Waals surface area (Å²) in [6.45, 7) is 1.95. The van der Waals surface area contributed by atoms with Crippen LogP contribution in [0.25, 0.3) is 0 Å². The van der Waals surface area contributed by atoms with Crippen molar-refractivity contribution in [3.63, 3.8) is 0 Å². The number of benzene rings is 1. The largest absolute Gasteiger partial charge is 0.429 e. The molecule has 0 aromatic heterocycles. The average molecular weight is 282 g/mol. The molecule has 0 radical (unpaired) electrons. The lowest BCUT2D eigenvalue weighted by Crippen LogP contribution is -1.81. The first-order chi connectivity index (χ1) is 5.27. The molecule has 0 heterocycles. The summed E-state index contributed by atoms with van der Waals surface area (Å²) in [4.78, 5) is 0. The lowest BCUT2D eigenvalue weighted by Gasteiger charge is -2.03. The zero-order valence-electron chi connectivity index (χ0n) is 5.87. The summed E-state index contributed by atoms with van der Waals surface area (Å²) >= 11 is 5.52. The van der Waals surface area contributed by atoms with E-state index >= 15 is 0 Å². The first kappa shape index (κ1) is 8.99. The zero-order valence-corrected chi connectivity index (χ0v) is 8.93. The maximum Gasteiger partial charge on any atom is 0.192 e. The second-order valence-corrected chi connectivity index (χ2v) is 2.72. The number of aryl methyl sites for hydroxylation is 1. The van der Waals surface area contributed by atoms with Crippen LogP contribution in [0.4, 0.5) is 0 Å². The van der Waals surface area contributed by atoms with Crippen LogP contribution < -0.4 is 7.25 Å². The number of hydrogen-bond donors (Lipinski definition) is 1. The third kappa shape index (κ3) is 2.16. The molecule has 4 heteroatoms. The highest BCUT2D eigenvalue weighted by Gasteiger charge is 1.99. The summed E-state index contributed by atoms with van der Waals surface area (Å²) in [5.41, 5.74) is 1.03. The van der Waals surface area contributed by atoms with Gasteiger partial charge in [-0.1, -0.05) is 0 Å². The quantitative estimate of drug-likeness (QED) is 0.511. The van der Waals surface area contributed by atoms with Gasteiger partial charge in [-0.3, -0.25) is 0 Å². The minimum atomic E-state index is 0.725. The number of rotatable bonds is 2. The molecule has 0 aliphatic heterocycles. The van der Waals surface area contributed by atoms with E-state index in [1.54, 1.807) is 6.07 Å². The fourth-order valence-corrected chi connectivity index (χ4v) is 1.37. The van der Waals surface area contributed by atoms with Crippen molar-refractivity contribution >= 4 is 35.9 Å². The summed E-state index contributed by atoms with van der Waals surface area (Å²) in [5, 5.41) is 0. The number of hydrogen-bond acceptors (Lipinski definition) is 3. The Morgan fingerprint density at radius 3 is 2.64 bits per heavy atom. The minimum Gasteiger partial charge on any atom is -0.429 e. The van der Waals surface area contributed by atoms with E-state index in [9.17, 15) is 0 Å². The number of thiol groups is 1. The van der Waals surface area contributed by atoms with Crippen molar-refractivity contribution < 1.29 is 7.25 Å². The summed E-state index contributed by atoms with van der Waals surface area (Å²) in [5.74, 6) is 1.57. The number of halogens is 1. The highest BCUT2D eigenvalue weighted by Crippen LogP contribution is 2.24. The smallest absolute Gasteiger partial charge is 0.192 e. The summed E-state index contributed by atoms with van der Waals surface area (Å²) in [7, 11) is 0. The molecule has 2 nitrogen and oxygen atoms in total. The molecule has 0 saturated carbocycles. The van der Waals surface area contributed by atoms with Crippen molar-refractivity contribution in [3.05, 3.63) is 23.8 Å². The van der Waals surface area contributed by atoms with Crippen LogP contribution >= 0.6 is 35.9 Å². The summed E-state index contributed by atoms with van der Waals surface area (Å²) in [6, 6.07) is 5.50. The van der Waals surface area contributed by atoms with E-state index in [0.717, 1.165) is 17.1 Å². The maximum absolute atomic E-state index is 5.03. The fraction of sp³-hybridized carbons (Fsp3) is 0.143. The third-order valence-electron chi connectivity index (χ3n) is 1.33. The molecule has 0 atom stereocenters. The summed E-state index contributed by atoms with van der Waals surface area (Å²) < 4.78 is 9.76. The van der Waals surface area contributed by atoms with Crippen molar-refractivity contribution in [2.24, 2.45) is 0 Å². The Morgan fingerprint density at radius 1 is 1.45 bits per heavy atom. The molecule has 1 aromatic carbocycles. The first-order valence-corrected chi connectivity index (χ1v) is 4.23. The van der Waals surface area contributed by atoms with Gasteiger partial charge < -0.3 is 7.25 Å². The van der Waals surface area contributed by atoms with Gasteiger partial charge in [0.05, 0.1) is 0 Å². The van der Waals surface area contributed by atoms with Gasteiger partial charge in [0, 0.05) is 12.9 Å². The van der Waals surface area contributed by atoms with Gasteiger partial charge in [0.2, 0.25) is 0 Å². The van der Waals surface area contributed by atoms with E-state index in [4.69, 9.17) is 7.25 Å². The van der Waals surface area contributed by atoms with E-state index in [2.05, 4.69) is 12.9 Å². The molecule has 0 amide bonds. The Kier molecular flexibility index (Phi) is 3.32. The van der Waals surface area contributed by atoms with Crippen LogP contribution in [0.3, 0.4) is 0 Å². The third-order valence-corrected chi connectivity index (χ3v) is 2.02. The molecule has 1 aromatic rings. The molecule has 0 aliphatic rings. The van der Waals surface area contributed by atoms with Gasteiger partial charge in [-0.2, -0.15) is 0 Å². The second-order valence-electron chi connectivity index (χ2n) is 2.10. The van der Waals surface area contributed by atoms with Gasteiger partial charge in [-0.15, -0.1) is 0 Å². The molecule has 11 heavy (non-hydrogen) atoms. The van der Waals surface area contributed by atoms with Gasteiger partial charge in [0.1, 0.15) is 11.5 Å². The Hall–Kier alpha value is -0.100. The molecular weight excluding hydrogens is 275 g/mol. The van der Waals surface area contributed by atoms with Gasteiger partial charge in [-0.05, 0) is 30.7 Å². The van der Waals surface area contributed by atoms with Crippen molar-refractivity contribution in [1.82, 2.24) is 0 Å². The molecule has 60 valence electrons. The van der Waals surface area contributed by atoms with Crippen molar-refractivity contribution in [1.29, 1.82) is 0 Å². The predicted molar refractivity (Wildman–Crippen MR) is 55.4 cm³/mol. The molecule has 0 N–H and O–H groups in total.